The number of esters is 1. The zero-order valence-corrected chi connectivity index (χ0v) is 20.5. The molecule has 1 aromatic rings. The standard InChI is InChI=1S/C24H36N2O9/c1-5-9-17(27)26-18-20(29)19(28)16(34-22(18)31)13-33-21(30)15(12-14-10-7-6-8-11-14)25-23(32)35-24(2,3)4/h6-8,10-11,15-16,18-20,22,28-29,31H,5,9,12-13H2,1-4H3,(H,25,32)(H,26,27)/t15?,16-,18-,19-,20-,22?/m1/s1. The Balaban J connectivity index is 2.02. The number of nitrogens with one attached hydrogen (secondary N) is 2. The maximum Gasteiger partial charge on any atom is 0.408 e. The highest BCUT2D eigenvalue weighted by molar-refractivity contribution is 5.81. The molecular weight excluding hydrogens is 460 g/mol. The molecule has 1 aliphatic rings. The zero-order valence-electron chi connectivity index (χ0n) is 20.5. The van der Waals surface area contributed by atoms with Gasteiger partial charge in [-0.15, -0.1) is 0 Å². The van der Waals surface area contributed by atoms with Crippen molar-refractivity contribution in [3.63, 3.8) is 0 Å². The highest BCUT2D eigenvalue weighted by atomic mass is 16.6. The molecule has 0 aromatic heterocycles. The third kappa shape index (κ3) is 9.10. The Morgan fingerprint density at radius 2 is 1.74 bits per heavy atom. The van der Waals surface area contributed by atoms with Gasteiger partial charge in [-0.3, -0.25) is 4.79 Å². The van der Waals surface area contributed by atoms with E-state index in [0.29, 0.717) is 6.42 Å². The molecule has 1 aliphatic heterocycles. The fourth-order valence-electron chi connectivity index (χ4n) is 3.48. The molecule has 5 N–H and O–H groups in total. The monoisotopic (exact) mass is 496 g/mol. The first kappa shape index (κ1) is 28.5. The summed E-state index contributed by atoms with van der Waals surface area (Å²) < 4.78 is 15.8. The summed E-state index contributed by atoms with van der Waals surface area (Å²) in [5.41, 5.74) is -0.0169. The van der Waals surface area contributed by atoms with Crippen molar-refractivity contribution < 1.29 is 43.9 Å². The molecule has 35 heavy (non-hydrogen) atoms. The van der Waals surface area contributed by atoms with Crippen LogP contribution in [0.5, 0.6) is 0 Å². The van der Waals surface area contributed by atoms with Crippen molar-refractivity contribution in [1.29, 1.82) is 0 Å². The molecule has 11 heteroatoms. The van der Waals surface area contributed by atoms with Crippen LogP contribution in [0.4, 0.5) is 4.79 Å². The van der Waals surface area contributed by atoms with E-state index in [4.69, 9.17) is 14.2 Å². The van der Waals surface area contributed by atoms with Gasteiger partial charge in [-0.25, -0.2) is 9.59 Å². The second-order valence-corrected chi connectivity index (χ2v) is 9.41. The lowest BCUT2D eigenvalue weighted by molar-refractivity contribution is -0.255. The molecule has 0 aliphatic carbocycles. The van der Waals surface area contributed by atoms with Gasteiger partial charge in [-0.1, -0.05) is 37.3 Å². The van der Waals surface area contributed by atoms with Gasteiger partial charge in [0.15, 0.2) is 6.29 Å². The molecule has 1 saturated heterocycles. The number of hydrogen-bond donors (Lipinski definition) is 5. The summed E-state index contributed by atoms with van der Waals surface area (Å²) in [5, 5.41) is 35.9. The summed E-state index contributed by atoms with van der Waals surface area (Å²) in [4.78, 5) is 36.9. The quantitative estimate of drug-likeness (QED) is 0.304. The minimum Gasteiger partial charge on any atom is -0.461 e. The van der Waals surface area contributed by atoms with Gasteiger partial charge in [-0.2, -0.15) is 0 Å². The molecule has 0 bridgehead atoms. The fourth-order valence-corrected chi connectivity index (χ4v) is 3.48. The van der Waals surface area contributed by atoms with Crippen molar-refractivity contribution in [1.82, 2.24) is 10.6 Å². The van der Waals surface area contributed by atoms with Crippen LogP contribution in [0.25, 0.3) is 0 Å². The van der Waals surface area contributed by atoms with Crippen LogP contribution in [0.2, 0.25) is 0 Å². The SMILES string of the molecule is CCCC(=O)N[C@H]1C(O)O[C@H](COC(=O)C(Cc2ccccc2)NC(=O)OC(C)(C)C)[C@@H](O)[C@@H]1O. The molecule has 6 atom stereocenters. The van der Waals surface area contributed by atoms with Gasteiger partial charge in [-0.05, 0) is 32.8 Å². The first-order valence-electron chi connectivity index (χ1n) is 11.6. The molecule has 0 radical (unpaired) electrons. The lowest BCUT2D eigenvalue weighted by atomic mass is 9.97. The predicted molar refractivity (Wildman–Crippen MR) is 124 cm³/mol. The van der Waals surface area contributed by atoms with E-state index in [9.17, 15) is 29.7 Å². The second kappa shape index (κ2) is 12.8. The molecule has 1 heterocycles. The van der Waals surface area contributed by atoms with E-state index >= 15 is 0 Å². The molecule has 2 amide bonds. The van der Waals surface area contributed by atoms with Crippen molar-refractivity contribution in [2.45, 2.75) is 89.2 Å². The van der Waals surface area contributed by atoms with Gasteiger partial charge in [0.2, 0.25) is 5.91 Å². The number of carbonyl (C=O) groups excluding carboxylic acids is 3. The fraction of sp³-hybridized carbons (Fsp3) is 0.625. The summed E-state index contributed by atoms with van der Waals surface area (Å²) in [5.74, 6) is -1.23. The minimum atomic E-state index is -1.63. The van der Waals surface area contributed by atoms with Crippen LogP contribution >= 0.6 is 0 Å². The summed E-state index contributed by atoms with van der Waals surface area (Å²) in [7, 11) is 0. The van der Waals surface area contributed by atoms with Crippen LogP contribution in [0.3, 0.4) is 0 Å². The van der Waals surface area contributed by atoms with Gasteiger partial charge in [0.1, 0.15) is 42.6 Å². The predicted octanol–water partition coefficient (Wildman–Crippen LogP) is 0.390. The van der Waals surface area contributed by atoms with E-state index in [1.165, 1.54) is 0 Å². The number of aliphatic hydroxyl groups excluding tert-OH is 3. The zero-order chi connectivity index (χ0) is 26.2. The second-order valence-electron chi connectivity index (χ2n) is 9.41. The van der Waals surface area contributed by atoms with Crippen molar-refractivity contribution in [3.8, 4) is 0 Å². The van der Waals surface area contributed by atoms with Gasteiger partial charge in [0.25, 0.3) is 0 Å². The Morgan fingerprint density at radius 3 is 2.34 bits per heavy atom. The average molecular weight is 497 g/mol. The largest absolute Gasteiger partial charge is 0.461 e. The molecule has 1 aromatic carbocycles. The van der Waals surface area contributed by atoms with Crippen molar-refractivity contribution >= 4 is 18.0 Å². The maximum atomic E-state index is 12.8. The first-order chi connectivity index (χ1) is 16.4. The number of amides is 2. The van der Waals surface area contributed by atoms with Crippen LogP contribution in [-0.2, 0) is 30.2 Å². The van der Waals surface area contributed by atoms with Gasteiger partial charge >= 0.3 is 12.1 Å². The molecule has 0 spiro atoms. The van der Waals surface area contributed by atoms with Crippen molar-refractivity contribution in [2.75, 3.05) is 6.61 Å². The van der Waals surface area contributed by atoms with Gasteiger partial charge in [0.05, 0.1) is 0 Å². The molecule has 0 saturated carbocycles. The minimum absolute atomic E-state index is 0.115. The van der Waals surface area contributed by atoms with Crippen LogP contribution in [0, 0.1) is 0 Å². The van der Waals surface area contributed by atoms with Crippen LogP contribution < -0.4 is 10.6 Å². The number of benzene rings is 1. The Morgan fingerprint density at radius 1 is 1.09 bits per heavy atom. The molecule has 11 nitrogen and oxygen atoms in total. The molecule has 2 rings (SSSR count). The number of hydrogen-bond acceptors (Lipinski definition) is 9. The summed E-state index contributed by atoms with van der Waals surface area (Å²) in [6, 6.07) is 6.61. The topological polar surface area (TPSA) is 164 Å². The first-order valence-corrected chi connectivity index (χ1v) is 11.6. The van der Waals surface area contributed by atoms with Crippen LogP contribution in [-0.4, -0.2) is 82.2 Å². The number of alkyl carbamates (subject to hydrolysis) is 1. The van der Waals surface area contributed by atoms with Gasteiger partial charge < -0.3 is 40.2 Å². The highest BCUT2D eigenvalue weighted by Crippen LogP contribution is 2.21. The molecule has 1 fully saturated rings. The summed E-state index contributed by atoms with van der Waals surface area (Å²) in [6.07, 6.45) is -5.94. The highest BCUT2D eigenvalue weighted by Gasteiger charge is 2.45. The molecular formula is C24H36N2O9. The van der Waals surface area contributed by atoms with Crippen molar-refractivity contribution in [3.05, 3.63) is 35.9 Å². The number of carbonyl (C=O) groups is 3. The Kier molecular flexibility index (Phi) is 10.4. The summed E-state index contributed by atoms with van der Waals surface area (Å²) >= 11 is 0. The number of ether oxygens (including phenoxy) is 3. The lowest BCUT2D eigenvalue weighted by Gasteiger charge is -2.40. The van der Waals surface area contributed by atoms with Gasteiger partial charge in [0, 0.05) is 12.8 Å². The summed E-state index contributed by atoms with van der Waals surface area (Å²) in [6.45, 7) is 6.35. The van der Waals surface area contributed by atoms with Crippen LogP contribution in [0.1, 0.15) is 46.1 Å². The Bertz CT molecular complexity index is 843. The molecule has 196 valence electrons. The number of rotatable bonds is 9. The third-order valence-corrected chi connectivity index (χ3v) is 5.17. The van der Waals surface area contributed by atoms with Crippen molar-refractivity contribution in [2.24, 2.45) is 0 Å². The van der Waals surface area contributed by atoms with E-state index in [0.717, 1.165) is 5.56 Å². The lowest BCUT2D eigenvalue weighted by Crippen LogP contribution is -2.64. The van der Waals surface area contributed by atoms with Crippen LogP contribution in [0.15, 0.2) is 30.3 Å². The Labute approximate surface area is 204 Å². The molecule has 2 unspecified atom stereocenters. The van der Waals surface area contributed by atoms with E-state index in [1.807, 2.05) is 6.07 Å². The maximum absolute atomic E-state index is 12.8. The van der Waals surface area contributed by atoms with E-state index in [2.05, 4.69) is 10.6 Å². The normalized spacial score (nSPS) is 25.3. The van der Waals surface area contributed by atoms with E-state index in [-0.39, 0.29) is 12.8 Å². The van der Waals surface area contributed by atoms with E-state index in [1.54, 1.807) is 52.0 Å². The Hall–Kier alpha value is -2.73. The third-order valence-electron chi connectivity index (χ3n) is 5.17. The number of aliphatic hydroxyl groups is 3. The average Bonchev–Trinajstić information content (AvgIpc) is 2.77. The smallest absolute Gasteiger partial charge is 0.408 e. The van der Waals surface area contributed by atoms with E-state index < -0.39 is 66.9 Å².